The maximum atomic E-state index is 13.0. The van der Waals surface area contributed by atoms with Gasteiger partial charge in [0.15, 0.2) is 0 Å². The van der Waals surface area contributed by atoms with E-state index in [0.717, 1.165) is 49.6 Å². The Hall–Kier alpha value is -4.08. The van der Waals surface area contributed by atoms with Gasteiger partial charge in [-0.25, -0.2) is 14.2 Å². The second-order valence-electron chi connectivity index (χ2n) is 8.12. The largest absolute Gasteiger partial charge is 0.457 e. The molecule has 9 heteroatoms. The van der Waals surface area contributed by atoms with Crippen LogP contribution in [-0.4, -0.2) is 47.2 Å². The van der Waals surface area contributed by atoms with Gasteiger partial charge in [0.25, 0.3) is 0 Å². The molecule has 4 aromatic rings. The third-order valence-electron chi connectivity index (χ3n) is 5.48. The number of benzene rings is 3. The number of hydrogen-bond acceptors (Lipinski definition) is 6. The summed E-state index contributed by atoms with van der Waals surface area (Å²) < 4.78 is 24.5. The van der Waals surface area contributed by atoms with Crippen molar-refractivity contribution in [2.75, 3.05) is 36.9 Å². The number of halogens is 1. The maximum absolute atomic E-state index is 13.0. The first-order chi connectivity index (χ1) is 17.1. The van der Waals surface area contributed by atoms with E-state index in [2.05, 4.69) is 20.5 Å². The molecule has 2 heterocycles. The number of carbonyl (C=O) groups excluding carboxylic acids is 1. The molecule has 1 fully saturated rings. The van der Waals surface area contributed by atoms with Crippen molar-refractivity contribution in [2.24, 2.45) is 0 Å². The zero-order valence-corrected chi connectivity index (χ0v) is 18.9. The van der Waals surface area contributed by atoms with E-state index in [1.807, 2.05) is 24.4 Å². The fourth-order valence-electron chi connectivity index (χ4n) is 3.76. The van der Waals surface area contributed by atoms with E-state index in [1.165, 1.54) is 24.3 Å². The Morgan fingerprint density at radius 2 is 1.71 bits per heavy atom. The summed E-state index contributed by atoms with van der Waals surface area (Å²) in [4.78, 5) is 23.9. The molecule has 0 saturated carbocycles. The lowest BCUT2D eigenvalue weighted by molar-refractivity contribution is 0.0336. The standard InChI is InChI=1S/C26H24FN5O3/c27-18-4-6-19(7-5-18)30-26(33)31-20-2-1-3-22(14-20)35-23-8-9-24-25(15-23)29-21(16-28-24)17-32-10-12-34-13-11-32/h1-9,14-16H,10-13,17H2,(H2,30,31,33). The van der Waals surface area contributed by atoms with E-state index in [-0.39, 0.29) is 5.82 Å². The van der Waals surface area contributed by atoms with Crippen molar-refractivity contribution in [3.63, 3.8) is 0 Å². The van der Waals surface area contributed by atoms with Gasteiger partial charge in [0, 0.05) is 43.1 Å². The summed E-state index contributed by atoms with van der Waals surface area (Å²) in [6.07, 6.45) is 1.81. The predicted molar refractivity (Wildman–Crippen MR) is 131 cm³/mol. The van der Waals surface area contributed by atoms with Crippen molar-refractivity contribution in [1.82, 2.24) is 14.9 Å². The highest BCUT2D eigenvalue weighted by atomic mass is 19.1. The lowest BCUT2D eigenvalue weighted by Crippen LogP contribution is -2.35. The molecule has 0 atom stereocenters. The number of carbonyl (C=O) groups is 1. The third-order valence-corrected chi connectivity index (χ3v) is 5.48. The molecule has 1 saturated heterocycles. The molecule has 1 aromatic heterocycles. The first kappa shape index (κ1) is 22.7. The van der Waals surface area contributed by atoms with E-state index < -0.39 is 6.03 Å². The van der Waals surface area contributed by atoms with Crippen LogP contribution >= 0.6 is 0 Å². The average molecular weight is 474 g/mol. The van der Waals surface area contributed by atoms with Crippen LogP contribution in [0.25, 0.3) is 11.0 Å². The Morgan fingerprint density at radius 1 is 0.943 bits per heavy atom. The zero-order valence-electron chi connectivity index (χ0n) is 18.9. The molecule has 0 spiro atoms. The Morgan fingerprint density at radius 3 is 2.54 bits per heavy atom. The van der Waals surface area contributed by atoms with Crippen LogP contribution in [-0.2, 0) is 11.3 Å². The fourth-order valence-corrected chi connectivity index (χ4v) is 3.76. The van der Waals surface area contributed by atoms with Crippen molar-refractivity contribution in [2.45, 2.75) is 6.54 Å². The van der Waals surface area contributed by atoms with Crippen LogP contribution in [0.4, 0.5) is 20.6 Å². The summed E-state index contributed by atoms with van der Waals surface area (Å²) in [5.74, 6) is 0.804. The average Bonchev–Trinajstić information content (AvgIpc) is 2.86. The van der Waals surface area contributed by atoms with Gasteiger partial charge in [0.05, 0.1) is 36.1 Å². The number of fused-ring (bicyclic) bond motifs is 1. The molecule has 0 bridgehead atoms. The van der Waals surface area contributed by atoms with Crippen LogP contribution < -0.4 is 15.4 Å². The molecule has 35 heavy (non-hydrogen) atoms. The molecule has 2 amide bonds. The number of nitrogens with one attached hydrogen (secondary N) is 2. The number of morpholine rings is 1. The Balaban J connectivity index is 1.25. The summed E-state index contributed by atoms with van der Waals surface area (Å²) >= 11 is 0. The van der Waals surface area contributed by atoms with E-state index in [4.69, 9.17) is 14.5 Å². The smallest absolute Gasteiger partial charge is 0.323 e. The molecule has 0 radical (unpaired) electrons. The molecule has 2 N–H and O–H groups in total. The molecule has 5 rings (SSSR count). The monoisotopic (exact) mass is 473 g/mol. The van der Waals surface area contributed by atoms with Gasteiger partial charge >= 0.3 is 6.03 Å². The van der Waals surface area contributed by atoms with Crippen LogP contribution in [0.3, 0.4) is 0 Å². The molecule has 0 unspecified atom stereocenters. The van der Waals surface area contributed by atoms with Gasteiger partial charge in [-0.1, -0.05) is 6.07 Å². The van der Waals surface area contributed by atoms with Gasteiger partial charge in [-0.3, -0.25) is 9.88 Å². The molecule has 1 aliphatic heterocycles. The van der Waals surface area contributed by atoms with E-state index in [0.29, 0.717) is 22.9 Å². The summed E-state index contributed by atoms with van der Waals surface area (Å²) in [6, 6.07) is 17.7. The van der Waals surface area contributed by atoms with Crippen molar-refractivity contribution >= 4 is 28.4 Å². The first-order valence-electron chi connectivity index (χ1n) is 11.3. The van der Waals surface area contributed by atoms with E-state index in [1.54, 1.807) is 24.3 Å². The highest BCUT2D eigenvalue weighted by Gasteiger charge is 2.12. The summed E-state index contributed by atoms with van der Waals surface area (Å²) in [7, 11) is 0. The lowest BCUT2D eigenvalue weighted by Gasteiger charge is -2.26. The van der Waals surface area contributed by atoms with Gasteiger partial charge in [-0.2, -0.15) is 0 Å². The van der Waals surface area contributed by atoms with Crippen LogP contribution in [0.5, 0.6) is 11.5 Å². The van der Waals surface area contributed by atoms with E-state index in [9.17, 15) is 9.18 Å². The SMILES string of the molecule is O=C(Nc1ccc(F)cc1)Nc1cccc(Oc2ccc3ncc(CN4CCOCC4)nc3c2)c1. The predicted octanol–water partition coefficient (Wildman–Crippen LogP) is 5.04. The zero-order chi connectivity index (χ0) is 24.0. The number of ether oxygens (including phenoxy) is 2. The number of rotatable bonds is 6. The van der Waals surface area contributed by atoms with Crippen LogP contribution in [0.2, 0.25) is 0 Å². The second kappa shape index (κ2) is 10.5. The summed E-state index contributed by atoms with van der Waals surface area (Å²) in [6.45, 7) is 3.97. The molecule has 3 aromatic carbocycles. The van der Waals surface area contributed by atoms with E-state index >= 15 is 0 Å². The van der Waals surface area contributed by atoms with Crippen LogP contribution in [0.1, 0.15) is 5.69 Å². The third kappa shape index (κ3) is 6.08. The number of urea groups is 1. The van der Waals surface area contributed by atoms with Crippen LogP contribution in [0.15, 0.2) is 72.9 Å². The van der Waals surface area contributed by atoms with Crippen molar-refractivity contribution in [3.8, 4) is 11.5 Å². The van der Waals surface area contributed by atoms with Crippen molar-refractivity contribution in [3.05, 3.63) is 84.4 Å². The molecular weight excluding hydrogens is 449 g/mol. The van der Waals surface area contributed by atoms with Gasteiger partial charge < -0.3 is 20.1 Å². The quantitative estimate of drug-likeness (QED) is 0.408. The Kier molecular flexibility index (Phi) is 6.78. The number of hydrogen-bond donors (Lipinski definition) is 2. The lowest BCUT2D eigenvalue weighted by atomic mass is 10.2. The second-order valence-corrected chi connectivity index (χ2v) is 8.12. The topological polar surface area (TPSA) is 88.6 Å². The minimum atomic E-state index is -0.442. The molecule has 0 aliphatic carbocycles. The number of anilines is 2. The molecule has 1 aliphatic rings. The van der Waals surface area contributed by atoms with Gasteiger partial charge in [-0.05, 0) is 48.5 Å². The highest BCUT2D eigenvalue weighted by molar-refractivity contribution is 5.99. The molecular formula is C26H24FN5O3. The van der Waals surface area contributed by atoms with Crippen molar-refractivity contribution in [1.29, 1.82) is 0 Å². The molecule has 178 valence electrons. The minimum absolute atomic E-state index is 0.367. The Labute approximate surface area is 201 Å². The number of nitrogens with zero attached hydrogens (tertiary/aromatic N) is 3. The van der Waals surface area contributed by atoms with Gasteiger partial charge in [-0.15, -0.1) is 0 Å². The fraction of sp³-hybridized carbons (Fsp3) is 0.192. The maximum Gasteiger partial charge on any atom is 0.323 e. The highest BCUT2D eigenvalue weighted by Crippen LogP contribution is 2.26. The summed E-state index contributed by atoms with van der Waals surface area (Å²) in [5.41, 5.74) is 3.48. The van der Waals surface area contributed by atoms with Crippen LogP contribution in [0, 0.1) is 5.82 Å². The van der Waals surface area contributed by atoms with Crippen molar-refractivity contribution < 1.29 is 18.7 Å². The summed E-state index contributed by atoms with van der Waals surface area (Å²) in [5, 5.41) is 5.41. The molecule has 8 nitrogen and oxygen atoms in total. The number of amides is 2. The van der Waals surface area contributed by atoms with Gasteiger partial charge in [0.1, 0.15) is 17.3 Å². The van der Waals surface area contributed by atoms with Gasteiger partial charge in [0.2, 0.25) is 0 Å². The normalized spacial score (nSPS) is 14.0. The number of aromatic nitrogens is 2. The first-order valence-corrected chi connectivity index (χ1v) is 11.3. The Bertz CT molecular complexity index is 1330. The minimum Gasteiger partial charge on any atom is -0.457 e.